The van der Waals surface area contributed by atoms with Gasteiger partial charge in [0.2, 0.25) is 0 Å². The molecule has 2 aliphatic rings. The van der Waals surface area contributed by atoms with Gasteiger partial charge in [0.1, 0.15) is 5.82 Å². The number of rotatable bonds is 3. The van der Waals surface area contributed by atoms with Crippen LogP contribution in [0.4, 0.5) is 19.0 Å². The number of carbonyl (C=O) groups excluding carboxylic acids is 1. The van der Waals surface area contributed by atoms with Crippen LogP contribution in [0.2, 0.25) is 0 Å². The highest BCUT2D eigenvalue weighted by atomic mass is 19.4. The first kappa shape index (κ1) is 18.0. The molecular weight excluding hydrogens is 357 g/mol. The second-order valence-corrected chi connectivity index (χ2v) is 6.96. The molecule has 0 atom stereocenters. The lowest BCUT2D eigenvalue weighted by Crippen LogP contribution is -2.21. The Balaban J connectivity index is 1.62. The molecular formula is C20H19F3N2O2. The summed E-state index contributed by atoms with van der Waals surface area (Å²) < 4.78 is 46.2. The quantitative estimate of drug-likeness (QED) is 0.775. The number of aromatic nitrogens is 1. The number of hydrogen-bond donors (Lipinski definition) is 0. The van der Waals surface area contributed by atoms with Crippen molar-refractivity contribution < 1.29 is 22.7 Å². The molecule has 0 spiro atoms. The van der Waals surface area contributed by atoms with Crippen LogP contribution >= 0.6 is 0 Å². The van der Waals surface area contributed by atoms with Crippen LogP contribution in [0.3, 0.4) is 0 Å². The number of halogens is 3. The summed E-state index contributed by atoms with van der Waals surface area (Å²) in [7, 11) is 0. The fourth-order valence-corrected chi connectivity index (χ4v) is 3.70. The van der Waals surface area contributed by atoms with E-state index in [2.05, 4.69) is 4.99 Å². The van der Waals surface area contributed by atoms with Crippen LogP contribution in [0.15, 0.2) is 41.5 Å². The van der Waals surface area contributed by atoms with Gasteiger partial charge in [-0.3, -0.25) is 4.79 Å². The Labute approximate surface area is 154 Å². The van der Waals surface area contributed by atoms with Gasteiger partial charge < -0.3 is 9.30 Å². The van der Waals surface area contributed by atoms with Crippen LogP contribution in [0.5, 0.6) is 0 Å². The van der Waals surface area contributed by atoms with E-state index in [0.29, 0.717) is 35.9 Å². The molecule has 0 bridgehead atoms. The first-order chi connectivity index (χ1) is 12.9. The molecule has 0 aliphatic carbocycles. The third kappa shape index (κ3) is 3.69. The van der Waals surface area contributed by atoms with Crippen LogP contribution < -0.4 is 0 Å². The second-order valence-electron chi connectivity index (χ2n) is 6.96. The molecule has 1 aromatic heterocycles. The van der Waals surface area contributed by atoms with Crippen LogP contribution in [0, 0.1) is 0 Å². The maximum atomic E-state index is 12.9. The zero-order chi connectivity index (χ0) is 19.0. The van der Waals surface area contributed by atoms with E-state index in [1.165, 1.54) is 6.07 Å². The zero-order valence-corrected chi connectivity index (χ0v) is 14.6. The number of fused-ring (bicyclic) bond motifs is 1. The average molecular weight is 376 g/mol. The smallest absolute Gasteiger partial charge is 0.381 e. The molecule has 3 heterocycles. The van der Waals surface area contributed by atoms with Crippen LogP contribution in [-0.2, 0) is 17.3 Å². The number of Topliss-reactive ketones (excluding diaryl/α,β-unsaturated/α-hetero) is 1. The van der Waals surface area contributed by atoms with E-state index in [4.69, 9.17) is 4.74 Å². The normalized spacial score (nSPS) is 18.3. The fraction of sp³-hybridized carbons (Fsp3) is 0.400. The van der Waals surface area contributed by atoms with Gasteiger partial charge in [-0.2, -0.15) is 13.2 Å². The molecule has 2 aromatic rings. The van der Waals surface area contributed by atoms with Crippen LogP contribution in [0.25, 0.3) is 0 Å². The maximum absolute atomic E-state index is 12.9. The largest absolute Gasteiger partial charge is 0.416 e. The van der Waals surface area contributed by atoms with Crippen molar-refractivity contribution in [2.24, 2.45) is 4.99 Å². The van der Waals surface area contributed by atoms with E-state index in [1.807, 2.05) is 10.8 Å². The number of benzene rings is 1. The summed E-state index contributed by atoms with van der Waals surface area (Å²) >= 11 is 0. The van der Waals surface area contributed by atoms with Gasteiger partial charge in [0.25, 0.3) is 0 Å². The molecule has 27 heavy (non-hydrogen) atoms. The SMILES string of the molecule is O=C1CC(Cc2cccc(C(F)(F)F)c2)=Nc2c1ccn2C1CCOCC1. The summed E-state index contributed by atoms with van der Waals surface area (Å²) in [6, 6.07) is 7.21. The standard InChI is InChI=1S/C20H19F3N2O2/c21-20(22,23)14-3-1-2-13(10-14)11-15-12-18(26)17-4-7-25(19(17)24-15)16-5-8-27-9-6-16/h1-4,7,10,16H,5-6,8-9,11-12H2. The molecule has 1 saturated heterocycles. The third-order valence-corrected chi connectivity index (χ3v) is 5.06. The summed E-state index contributed by atoms with van der Waals surface area (Å²) in [5.41, 5.74) is 1.01. The monoisotopic (exact) mass is 376 g/mol. The molecule has 1 fully saturated rings. The summed E-state index contributed by atoms with van der Waals surface area (Å²) in [6.45, 7) is 1.35. The van der Waals surface area contributed by atoms with Crippen molar-refractivity contribution in [3.8, 4) is 0 Å². The minimum Gasteiger partial charge on any atom is -0.381 e. The highest BCUT2D eigenvalue weighted by Crippen LogP contribution is 2.34. The number of aliphatic imine (C=N–C) groups is 1. The minimum atomic E-state index is -4.38. The average Bonchev–Trinajstić information content (AvgIpc) is 3.06. The van der Waals surface area contributed by atoms with Crippen LogP contribution in [-0.4, -0.2) is 29.3 Å². The topological polar surface area (TPSA) is 43.6 Å². The second kappa shape index (κ2) is 6.96. The first-order valence-corrected chi connectivity index (χ1v) is 8.96. The van der Waals surface area contributed by atoms with E-state index in [-0.39, 0.29) is 24.7 Å². The lowest BCUT2D eigenvalue weighted by atomic mass is 9.98. The molecule has 0 radical (unpaired) electrons. The van der Waals surface area contributed by atoms with E-state index < -0.39 is 11.7 Å². The minimum absolute atomic E-state index is 0.0345. The molecule has 142 valence electrons. The predicted molar refractivity (Wildman–Crippen MR) is 94.7 cm³/mol. The number of ketones is 1. The van der Waals surface area contributed by atoms with Gasteiger partial charge >= 0.3 is 6.18 Å². The van der Waals surface area contributed by atoms with Gasteiger partial charge in [-0.15, -0.1) is 0 Å². The van der Waals surface area contributed by atoms with E-state index in [1.54, 1.807) is 12.1 Å². The molecule has 4 rings (SSSR count). The van der Waals surface area contributed by atoms with Crippen molar-refractivity contribution in [2.45, 2.75) is 37.9 Å². The number of alkyl halides is 3. The van der Waals surface area contributed by atoms with Crippen LogP contribution in [0.1, 0.15) is 46.8 Å². The van der Waals surface area contributed by atoms with Crippen molar-refractivity contribution in [1.29, 1.82) is 0 Å². The molecule has 4 nitrogen and oxygen atoms in total. The number of hydrogen-bond acceptors (Lipinski definition) is 3. The number of carbonyl (C=O) groups is 1. The Morgan fingerprint density at radius 1 is 1.19 bits per heavy atom. The predicted octanol–water partition coefficient (Wildman–Crippen LogP) is 4.76. The maximum Gasteiger partial charge on any atom is 0.416 e. The van der Waals surface area contributed by atoms with Gasteiger partial charge in [-0.1, -0.05) is 18.2 Å². The number of nitrogens with zero attached hydrogens (tertiary/aromatic N) is 2. The lowest BCUT2D eigenvalue weighted by Gasteiger charge is -2.26. The molecule has 7 heteroatoms. The summed E-state index contributed by atoms with van der Waals surface area (Å²) in [5, 5.41) is 0. The van der Waals surface area contributed by atoms with Gasteiger partial charge in [0, 0.05) is 37.6 Å². The van der Waals surface area contributed by atoms with Gasteiger partial charge in [-0.05, 0) is 30.5 Å². The Morgan fingerprint density at radius 3 is 2.70 bits per heavy atom. The fourth-order valence-electron chi connectivity index (χ4n) is 3.70. The van der Waals surface area contributed by atoms with E-state index in [0.717, 1.165) is 25.0 Å². The van der Waals surface area contributed by atoms with Gasteiger partial charge in [0.05, 0.1) is 17.5 Å². The Kier molecular flexibility index (Phi) is 4.63. The Bertz CT molecular complexity index is 893. The van der Waals surface area contributed by atoms with Crippen molar-refractivity contribution in [2.75, 3.05) is 13.2 Å². The first-order valence-electron chi connectivity index (χ1n) is 8.96. The molecule has 0 N–H and O–H groups in total. The third-order valence-electron chi connectivity index (χ3n) is 5.06. The van der Waals surface area contributed by atoms with Crippen molar-refractivity contribution >= 4 is 17.3 Å². The molecule has 2 aliphatic heterocycles. The summed E-state index contributed by atoms with van der Waals surface area (Å²) in [5.74, 6) is 0.591. The number of ether oxygens (including phenoxy) is 1. The van der Waals surface area contributed by atoms with E-state index in [9.17, 15) is 18.0 Å². The molecule has 0 amide bonds. The van der Waals surface area contributed by atoms with Gasteiger partial charge in [-0.25, -0.2) is 4.99 Å². The molecule has 1 aromatic carbocycles. The summed E-state index contributed by atoms with van der Waals surface area (Å²) in [4.78, 5) is 17.2. The van der Waals surface area contributed by atoms with Crippen molar-refractivity contribution in [3.63, 3.8) is 0 Å². The summed E-state index contributed by atoms with van der Waals surface area (Å²) in [6.07, 6.45) is -0.420. The van der Waals surface area contributed by atoms with E-state index >= 15 is 0 Å². The Morgan fingerprint density at radius 2 is 1.96 bits per heavy atom. The van der Waals surface area contributed by atoms with Crippen molar-refractivity contribution in [1.82, 2.24) is 4.57 Å². The Hall–Kier alpha value is -2.41. The van der Waals surface area contributed by atoms with Gasteiger partial charge in [0.15, 0.2) is 5.78 Å². The zero-order valence-electron chi connectivity index (χ0n) is 14.6. The molecule has 0 unspecified atom stereocenters. The molecule has 0 saturated carbocycles. The highest BCUT2D eigenvalue weighted by molar-refractivity contribution is 6.15. The van der Waals surface area contributed by atoms with Crippen molar-refractivity contribution in [3.05, 3.63) is 53.2 Å². The highest BCUT2D eigenvalue weighted by Gasteiger charge is 2.31. The lowest BCUT2D eigenvalue weighted by molar-refractivity contribution is -0.137.